The van der Waals surface area contributed by atoms with E-state index in [1.807, 2.05) is 0 Å². The molecule has 0 N–H and O–H groups in total. The second-order valence-corrected chi connectivity index (χ2v) is 5.45. The summed E-state index contributed by atoms with van der Waals surface area (Å²) in [4.78, 5) is 23.8. The predicted octanol–water partition coefficient (Wildman–Crippen LogP) is 3.03. The molecular weight excluding hydrogens is 368 g/mol. The van der Waals surface area contributed by atoms with E-state index in [0.717, 1.165) is 0 Å². The Balaban J connectivity index is 3.10. The van der Waals surface area contributed by atoms with Gasteiger partial charge in [0.05, 0.1) is 42.7 Å². The van der Waals surface area contributed by atoms with Crippen LogP contribution in [0.1, 0.15) is 20.7 Å². The van der Waals surface area contributed by atoms with E-state index in [2.05, 4.69) is 0 Å². The summed E-state index contributed by atoms with van der Waals surface area (Å²) in [6.07, 6.45) is 1.26. The maximum absolute atomic E-state index is 11.9. The molecule has 0 aliphatic rings. The SMILES string of the molecule is COc1cc(C=O)c(-c2c(C=O)cc(OC)c(OC)c2OC)c(OC)c1OC. The smallest absolute Gasteiger partial charge is 0.203 e. The number of carbonyl (C=O) groups excluding carboxylic acids is 2. The molecule has 0 aliphatic heterocycles. The minimum atomic E-state index is 0.206. The Labute approximate surface area is 162 Å². The Morgan fingerprint density at radius 1 is 0.536 bits per heavy atom. The first-order chi connectivity index (χ1) is 13.6. The van der Waals surface area contributed by atoms with E-state index in [1.165, 1.54) is 54.8 Å². The first-order valence-electron chi connectivity index (χ1n) is 8.13. The van der Waals surface area contributed by atoms with Crippen LogP contribution in [0.5, 0.6) is 34.5 Å². The fraction of sp³-hybridized carbons (Fsp3) is 0.300. The number of hydrogen-bond acceptors (Lipinski definition) is 8. The molecule has 0 saturated heterocycles. The third-order valence-electron chi connectivity index (χ3n) is 4.22. The van der Waals surface area contributed by atoms with E-state index < -0.39 is 0 Å². The van der Waals surface area contributed by atoms with Crippen LogP contribution in [0, 0.1) is 0 Å². The number of hydrogen-bond donors (Lipinski definition) is 0. The maximum atomic E-state index is 11.9. The highest BCUT2D eigenvalue weighted by Crippen LogP contribution is 2.53. The second-order valence-electron chi connectivity index (χ2n) is 5.45. The van der Waals surface area contributed by atoms with Crippen LogP contribution in [-0.2, 0) is 0 Å². The molecule has 28 heavy (non-hydrogen) atoms. The molecule has 0 spiro atoms. The standard InChI is InChI=1S/C20H22O8/c1-23-13-7-11(9-21)15(19(27-5)17(13)25-3)16-12(10-22)8-14(24-2)18(26-4)20(16)28-6/h7-10H,1-6H3. The van der Waals surface area contributed by atoms with Gasteiger partial charge in [-0.2, -0.15) is 0 Å². The molecule has 0 amide bonds. The van der Waals surface area contributed by atoms with Crippen LogP contribution < -0.4 is 28.4 Å². The van der Waals surface area contributed by atoms with Crippen molar-refractivity contribution in [3.05, 3.63) is 23.3 Å². The second kappa shape index (κ2) is 8.98. The van der Waals surface area contributed by atoms with Crippen LogP contribution >= 0.6 is 0 Å². The van der Waals surface area contributed by atoms with E-state index in [-0.39, 0.29) is 34.1 Å². The molecule has 0 aromatic heterocycles. The zero-order valence-corrected chi connectivity index (χ0v) is 16.6. The van der Waals surface area contributed by atoms with Crippen LogP contribution in [0.4, 0.5) is 0 Å². The molecule has 0 heterocycles. The Hall–Kier alpha value is -3.42. The highest BCUT2D eigenvalue weighted by atomic mass is 16.5. The topological polar surface area (TPSA) is 89.5 Å². The van der Waals surface area contributed by atoms with Crippen molar-refractivity contribution in [1.29, 1.82) is 0 Å². The van der Waals surface area contributed by atoms with Crippen molar-refractivity contribution >= 4 is 12.6 Å². The van der Waals surface area contributed by atoms with Gasteiger partial charge in [0.25, 0.3) is 0 Å². The summed E-state index contributed by atoms with van der Waals surface area (Å²) >= 11 is 0. The minimum Gasteiger partial charge on any atom is -0.493 e. The molecule has 2 aromatic rings. The highest BCUT2D eigenvalue weighted by Gasteiger charge is 2.29. The van der Waals surface area contributed by atoms with Crippen LogP contribution in [0.3, 0.4) is 0 Å². The van der Waals surface area contributed by atoms with Crippen LogP contribution in [0.2, 0.25) is 0 Å². The normalized spacial score (nSPS) is 10.1. The third kappa shape index (κ3) is 3.28. The average Bonchev–Trinajstić information content (AvgIpc) is 2.75. The highest BCUT2D eigenvalue weighted by molar-refractivity contribution is 6.02. The van der Waals surface area contributed by atoms with Crippen molar-refractivity contribution in [3.8, 4) is 45.6 Å². The summed E-state index contributed by atoms with van der Waals surface area (Å²) in [5.74, 6) is 1.54. The monoisotopic (exact) mass is 390 g/mol. The first-order valence-corrected chi connectivity index (χ1v) is 8.13. The molecule has 0 atom stereocenters. The summed E-state index contributed by atoms with van der Waals surface area (Å²) in [6, 6.07) is 2.99. The van der Waals surface area contributed by atoms with Gasteiger partial charge in [0.2, 0.25) is 11.5 Å². The molecule has 8 heteroatoms. The van der Waals surface area contributed by atoms with Gasteiger partial charge in [-0.05, 0) is 12.1 Å². The predicted molar refractivity (Wildman–Crippen MR) is 102 cm³/mol. The minimum absolute atomic E-state index is 0.206. The van der Waals surface area contributed by atoms with Gasteiger partial charge in [0, 0.05) is 22.3 Å². The Morgan fingerprint density at radius 2 is 0.857 bits per heavy atom. The van der Waals surface area contributed by atoms with E-state index in [0.29, 0.717) is 35.2 Å². The lowest BCUT2D eigenvalue weighted by molar-refractivity contribution is 0.111. The largest absolute Gasteiger partial charge is 0.493 e. The maximum Gasteiger partial charge on any atom is 0.203 e. The van der Waals surface area contributed by atoms with Gasteiger partial charge >= 0.3 is 0 Å². The molecule has 2 aromatic carbocycles. The van der Waals surface area contributed by atoms with Gasteiger partial charge in [-0.1, -0.05) is 0 Å². The van der Waals surface area contributed by atoms with Gasteiger partial charge < -0.3 is 28.4 Å². The Bertz CT molecular complexity index is 815. The molecule has 8 nitrogen and oxygen atoms in total. The van der Waals surface area contributed by atoms with Gasteiger partial charge in [0.1, 0.15) is 0 Å². The zero-order chi connectivity index (χ0) is 20.8. The lowest BCUT2D eigenvalue weighted by Crippen LogP contribution is -2.05. The summed E-state index contributed by atoms with van der Waals surface area (Å²) in [5, 5.41) is 0. The summed E-state index contributed by atoms with van der Waals surface area (Å²) < 4.78 is 32.5. The third-order valence-corrected chi connectivity index (χ3v) is 4.22. The van der Waals surface area contributed by atoms with Gasteiger partial charge in [0.15, 0.2) is 35.6 Å². The lowest BCUT2D eigenvalue weighted by atomic mass is 9.92. The molecule has 150 valence electrons. The molecule has 0 fully saturated rings. The van der Waals surface area contributed by atoms with E-state index in [4.69, 9.17) is 28.4 Å². The van der Waals surface area contributed by atoms with Gasteiger partial charge in [-0.15, -0.1) is 0 Å². The molecule has 2 rings (SSSR count). The van der Waals surface area contributed by atoms with Crippen molar-refractivity contribution in [2.24, 2.45) is 0 Å². The van der Waals surface area contributed by atoms with Crippen molar-refractivity contribution in [2.75, 3.05) is 42.7 Å². The first kappa shape index (κ1) is 20.9. The molecule has 0 unspecified atom stereocenters. The quantitative estimate of drug-likeness (QED) is 0.604. The number of aldehydes is 2. The molecule has 0 saturated carbocycles. The number of rotatable bonds is 9. The number of benzene rings is 2. The van der Waals surface area contributed by atoms with Crippen molar-refractivity contribution in [2.45, 2.75) is 0 Å². The number of ether oxygens (including phenoxy) is 6. The van der Waals surface area contributed by atoms with Crippen LogP contribution in [-0.4, -0.2) is 55.2 Å². The van der Waals surface area contributed by atoms with Crippen molar-refractivity contribution in [1.82, 2.24) is 0 Å². The van der Waals surface area contributed by atoms with Crippen LogP contribution in [0.25, 0.3) is 11.1 Å². The van der Waals surface area contributed by atoms with Crippen molar-refractivity contribution in [3.63, 3.8) is 0 Å². The fourth-order valence-corrected chi connectivity index (χ4v) is 3.05. The Morgan fingerprint density at radius 3 is 1.07 bits per heavy atom. The van der Waals surface area contributed by atoms with Crippen molar-refractivity contribution < 1.29 is 38.0 Å². The van der Waals surface area contributed by atoms with E-state index in [1.54, 1.807) is 0 Å². The lowest BCUT2D eigenvalue weighted by Gasteiger charge is -2.22. The molecular formula is C20H22O8. The van der Waals surface area contributed by atoms with Crippen LogP contribution in [0.15, 0.2) is 12.1 Å². The zero-order valence-electron chi connectivity index (χ0n) is 16.6. The van der Waals surface area contributed by atoms with E-state index >= 15 is 0 Å². The summed E-state index contributed by atoms with van der Waals surface area (Å²) in [6.45, 7) is 0. The Kier molecular flexibility index (Phi) is 6.70. The van der Waals surface area contributed by atoms with E-state index in [9.17, 15) is 9.59 Å². The average molecular weight is 390 g/mol. The fourth-order valence-electron chi connectivity index (χ4n) is 3.05. The van der Waals surface area contributed by atoms with Gasteiger partial charge in [-0.25, -0.2) is 0 Å². The van der Waals surface area contributed by atoms with Gasteiger partial charge in [-0.3, -0.25) is 9.59 Å². The number of carbonyl (C=O) groups is 2. The summed E-state index contributed by atoms with van der Waals surface area (Å²) in [5.41, 5.74) is 1.02. The molecule has 0 bridgehead atoms. The number of methoxy groups -OCH3 is 6. The summed E-state index contributed by atoms with van der Waals surface area (Å²) in [7, 11) is 8.61. The molecule has 0 aliphatic carbocycles. The molecule has 0 radical (unpaired) electrons.